The van der Waals surface area contributed by atoms with Crippen LogP contribution in [0.5, 0.6) is 0 Å². The van der Waals surface area contributed by atoms with Gasteiger partial charge in [0.15, 0.2) is 6.29 Å². The van der Waals surface area contributed by atoms with Gasteiger partial charge in [-0.05, 0) is 13.3 Å². The fourth-order valence-electron chi connectivity index (χ4n) is 1.81. The predicted octanol–water partition coefficient (Wildman–Crippen LogP) is 2.92. The number of rotatable bonds is 5. The molecule has 1 fully saturated rings. The lowest BCUT2D eigenvalue weighted by Gasteiger charge is -2.42. The molecule has 0 atom stereocenters. The second-order valence-electron chi connectivity index (χ2n) is 6.21. The third-order valence-electron chi connectivity index (χ3n) is 3.55. The Hall–Kier alpha value is -0.870. The Morgan fingerprint density at radius 1 is 1.42 bits per heavy atom. The van der Waals surface area contributed by atoms with Crippen LogP contribution >= 0.6 is 0 Å². The summed E-state index contributed by atoms with van der Waals surface area (Å²) in [6.45, 7) is 11.7. The van der Waals surface area contributed by atoms with Crippen molar-refractivity contribution >= 4 is 5.97 Å². The van der Waals surface area contributed by atoms with E-state index >= 15 is 0 Å². The minimum atomic E-state index is -0.355. The van der Waals surface area contributed by atoms with Crippen LogP contribution in [-0.2, 0) is 19.0 Å². The Morgan fingerprint density at radius 3 is 2.47 bits per heavy atom. The molecule has 1 heterocycles. The summed E-state index contributed by atoms with van der Waals surface area (Å²) in [5, 5.41) is 0. The van der Waals surface area contributed by atoms with E-state index in [0.717, 1.165) is 6.42 Å². The first-order valence-corrected chi connectivity index (χ1v) is 6.86. The predicted molar refractivity (Wildman–Crippen MR) is 73.6 cm³/mol. The van der Waals surface area contributed by atoms with Gasteiger partial charge in [0.1, 0.15) is 6.61 Å². The number of hydrogen-bond acceptors (Lipinski definition) is 4. The molecule has 0 aromatic rings. The minimum Gasteiger partial charge on any atom is -0.462 e. The molecule has 1 aliphatic heterocycles. The van der Waals surface area contributed by atoms with E-state index in [-0.39, 0.29) is 29.7 Å². The molecule has 0 aromatic heterocycles. The summed E-state index contributed by atoms with van der Waals surface area (Å²) < 4.78 is 16.8. The molecule has 4 nitrogen and oxygen atoms in total. The van der Waals surface area contributed by atoms with Crippen LogP contribution in [0.15, 0.2) is 12.2 Å². The molecule has 0 unspecified atom stereocenters. The molecule has 0 saturated carbocycles. The fourth-order valence-corrected chi connectivity index (χ4v) is 1.81. The zero-order valence-electron chi connectivity index (χ0n) is 12.7. The average Bonchev–Trinajstić information content (AvgIpc) is 2.37. The van der Waals surface area contributed by atoms with Crippen LogP contribution in [-0.4, -0.2) is 32.1 Å². The van der Waals surface area contributed by atoms with Gasteiger partial charge in [-0.2, -0.15) is 0 Å². The van der Waals surface area contributed by atoms with E-state index in [4.69, 9.17) is 14.2 Å². The van der Waals surface area contributed by atoms with Gasteiger partial charge >= 0.3 is 5.97 Å². The van der Waals surface area contributed by atoms with Crippen molar-refractivity contribution in [3.8, 4) is 0 Å². The molecule has 0 amide bonds. The molecule has 1 saturated heterocycles. The maximum Gasteiger partial charge on any atom is 0.330 e. The van der Waals surface area contributed by atoms with Crippen molar-refractivity contribution in [2.45, 2.75) is 47.3 Å². The van der Waals surface area contributed by atoms with Crippen LogP contribution in [0.3, 0.4) is 0 Å². The molecule has 0 N–H and O–H groups in total. The molecule has 110 valence electrons. The fraction of sp³-hybridized carbons (Fsp3) is 0.800. The summed E-state index contributed by atoms with van der Waals surface area (Å²) >= 11 is 0. The van der Waals surface area contributed by atoms with Crippen LogP contribution in [0.4, 0.5) is 0 Å². The Labute approximate surface area is 116 Å². The van der Waals surface area contributed by atoms with Crippen LogP contribution in [0.1, 0.15) is 41.0 Å². The molecular formula is C15H26O4. The SMILES string of the molecule is CC=CC(=O)OCC(C)(C)C1OCC(C)(CC)CO1. The molecular weight excluding hydrogens is 244 g/mol. The van der Waals surface area contributed by atoms with Gasteiger partial charge in [-0.3, -0.25) is 0 Å². The summed E-state index contributed by atoms with van der Waals surface area (Å²) in [6, 6.07) is 0. The maximum absolute atomic E-state index is 11.3. The highest BCUT2D eigenvalue weighted by Crippen LogP contribution is 2.34. The second-order valence-corrected chi connectivity index (χ2v) is 6.21. The number of allylic oxidation sites excluding steroid dienone is 1. The van der Waals surface area contributed by atoms with Crippen molar-refractivity contribution < 1.29 is 19.0 Å². The zero-order chi connectivity index (χ0) is 14.5. The molecule has 4 heteroatoms. The Kier molecular flexibility index (Phi) is 5.56. The molecule has 0 spiro atoms. The van der Waals surface area contributed by atoms with Crippen molar-refractivity contribution in [2.24, 2.45) is 10.8 Å². The van der Waals surface area contributed by atoms with E-state index < -0.39 is 0 Å². The number of hydrogen-bond donors (Lipinski definition) is 0. The van der Waals surface area contributed by atoms with E-state index in [2.05, 4.69) is 13.8 Å². The quantitative estimate of drug-likeness (QED) is 0.569. The van der Waals surface area contributed by atoms with Gasteiger partial charge in [0.2, 0.25) is 0 Å². The van der Waals surface area contributed by atoms with Crippen molar-refractivity contribution in [3.63, 3.8) is 0 Å². The van der Waals surface area contributed by atoms with Crippen LogP contribution in [0.25, 0.3) is 0 Å². The lowest BCUT2D eigenvalue weighted by atomic mass is 9.87. The zero-order valence-corrected chi connectivity index (χ0v) is 12.7. The van der Waals surface area contributed by atoms with Gasteiger partial charge in [-0.15, -0.1) is 0 Å². The van der Waals surface area contributed by atoms with Crippen molar-refractivity contribution in [1.29, 1.82) is 0 Å². The highest BCUT2D eigenvalue weighted by Gasteiger charge is 2.39. The lowest BCUT2D eigenvalue weighted by molar-refractivity contribution is -0.272. The largest absolute Gasteiger partial charge is 0.462 e. The number of esters is 1. The summed E-state index contributed by atoms with van der Waals surface area (Å²) in [5.74, 6) is -0.329. The second kappa shape index (κ2) is 6.53. The van der Waals surface area contributed by atoms with E-state index in [1.165, 1.54) is 6.08 Å². The Balaban J connectivity index is 2.48. The first-order valence-electron chi connectivity index (χ1n) is 6.86. The summed E-state index contributed by atoms with van der Waals surface area (Å²) in [6.07, 6.45) is 3.77. The maximum atomic E-state index is 11.3. The molecule has 0 radical (unpaired) electrons. The third-order valence-corrected chi connectivity index (χ3v) is 3.55. The van der Waals surface area contributed by atoms with E-state index in [9.17, 15) is 4.79 Å². The molecule has 1 aliphatic rings. The van der Waals surface area contributed by atoms with Gasteiger partial charge in [0.25, 0.3) is 0 Å². The number of carbonyl (C=O) groups is 1. The topological polar surface area (TPSA) is 44.8 Å². The molecule has 0 aromatic carbocycles. The first-order chi connectivity index (χ1) is 8.83. The number of ether oxygens (including phenoxy) is 3. The smallest absolute Gasteiger partial charge is 0.330 e. The van der Waals surface area contributed by atoms with E-state index in [0.29, 0.717) is 13.2 Å². The average molecular weight is 270 g/mol. The minimum absolute atomic E-state index is 0.0915. The van der Waals surface area contributed by atoms with Crippen molar-refractivity contribution in [3.05, 3.63) is 12.2 Å². The van der Waals surface area contributed by atoms with Crippen LogP contribution in [0, 0.1) is 10.8 Å². The highest BCUT2D eigenvalue weighted by molar-refractivity contribution is 5.81. The summed E-state index contributed by atoms with van der Waals surface area (Å²) in [5.41, 5.74) is -0.263. The van der Waals surface area contributed by atoms with E-state index in [1.54, 1.807) is 13.0 Å². The van der Waals surface area contributed by atoms with Crippen LogP contribution < -0.4 is 0 Å². The Bertz CT molecular complexity index is 325. The number of carbonyl (C=O) groups excluding carboxylic acids is 1. The van der Waals surface area contributed by atoms with Gasteiger partial charge in [0, 0.05) is 16.9 Å². The van der Waals surface area contributed by atoms with Gasteiger partial charge in [0.05, 0.1) is 13.2 Å². The Morgan fingerprint density at radius 2 is 2.00 bits per heavy atom. The van der Waals surface area contributed by atoms with Crippen molar-refractivity contribution in [2.75, 3.05) is 19.8 Å². The van der Waals surface area contributed by atoms with Crippen molar-refractivity contribution in [1.82, 2.24) is 0 Å². The van der Waals surface area contributed by atoms with E-state index in [1.807, 2.05) is 13.8 Å². The summed E-state index contributed by atoms with van der Waals surface area (Å²) in [7, 11) is 0. The summed E-state index contributed by atoms with van der Waals surface area (Å²) in [4.78, 5) is 11.3. The molecule has 0 aliphatic carbocycles. The highest BCUT2D eigenvalue weighted by atomic mass is 16.7. The first kappa shape index (κ1) is 16.2. The molecule has 0 bridgehead atoms. The standard InChI is InChI=1S/C15H26O4/c1-6-8-12(16)17-9-14(3,4)13-18-10-15(5,7-2)11-19-13/h6,8,13H,7,9-11H2,1-5H3. The molecule has 19 heavy (non-hydrogen) atoms. The van der Waals surface area contributed by atoms with Gasteiger partial charge in [-0.25, -0.2) is 4.79 Å². The third kappa shape index (κ3) is 4.62. The van der Waals surface area contributed by atoms with Gasteiger partial charge < -0.3 is 14.2 Å². The van der Waals surface area contributed by atoms with Gasteiger partial charge in [-0.1, -0.05) is 33.8 Å². The van der Waals surface area contributed by atoms with Crippen LogP contribution in [0.2, 0.25) is 0 Å². The lowest BCUT2D eigenvalue weighted by Crippen LogP contribution is -2.47. The molecule has 1 rings (SSSR count). The normalized spacial score (nSPS) is 28.6. The monoisotopic (exact) mass is 270 g/mol.